The molecule has 2 rings (SSSR count). The molecule has 1 heterocycles. The van der Waals surface area contributed by atoms with Gasteiger partial charge in [0, 0.05) is 18.3 Å². The molecule has 0 atom stereocenters. The number of rotatable bonds is 3. The minimum absolute atomic E-state index is 0.107. The number of carbonyl (C=O) groups excluding carboxylic acids is 1. The molecule has 0 aliphatic heterocycles. The average Bonchev–Trinajstić information content (AvgIpc) is 2.70. The lowest BCUT2D eigenvalue weighted by molar-refractivity contribution is 0.101. The normalized spacial score (nSPS) is 10.3. The number of amides is 1. The Hall–Kier alpha value is -1.82. The predicted octanol–water partition coefficient (Wildman–Crippen LogP) is 2.62. The lowest BCUT2D eigenvalue weighted by atomic mass is 10.3. The quantitative estimate of drug-likeness (QED) is 0.916. The Morgan fingerprint density at radius 3 is 3.00 bits per heavy atom. The van der Waals surface area contributed by atoms with Gasteiger partial charge in [-0.3, -0.25) is 9.48 Å². The average molecular weight is 310 g/mol. The Labute approximate surface area is 113 Å². The highest BCUT2D eigenvalue weighted by molar-refractivity contribution is 9.10. The molecule has 2 N–H and O–H groups in total. The highest BCUT2D eigenvalue weighted by Crippen LogP contribution is 2.20. The summed E-state index contributed by atoms with van der Waals surface area (Å²) in [4.78, 5) is 12.1. The first-order chi connectivity index (χ1) is 8.61. The summed E-state index contributed by atoms with van der Waals surface area (Å²) >= 11 is 3.29. The molecule has 1 aromatic carbocycles. The van der Waals surface area contributed by atoms with Crippen LogP contribution in [0.5, 0.6) is 5.75 Å². The summed E-state index contributed by atoms with van der Waals surface area (Å²) in [6.07, 6.45) is 1.58. The first-order valence-electron chi connectivity index (χ1n) is 5.43. The number of nitrogens with one attached hydrogen (secondary N) is 1. The van der Waals surface area contributed by atoms with Crippen molar-refractivity contribution in [3.63, 3.8) is 0 Å². The largest absolute Gasteiger partial charge is 0.508 e. The highest BCUT2D eigenvalue weighted by Gasteiger charge is 2.16. The minimum atomic E-state index is -0.271. The SMILES string of the molecule is CCn1ncc(Br)c1C(=O)Nc1cccc(O)c1. The van der Waals surface area contributed by atoms with Crippen molar-refractivity contribution in [3.8, 4) is 5.75 Å². The van der Waals surface area contributed by atoms with Crippen LogP contribution < -0.4 is 5.32 Å². The van der Waals surface area contributed by atoms with Gasteiger partial charge in [-0.2, -0.15) is 5.10 Å². The third kappa shape index (κ3) is 2.53. The molecule has 0 fully saturated rings. The standard InChI is InChI=1S/C12H12BrN3O2/c1-2-16-11(10(13)7-14-16)12(18)15-8-4-3-5-9(17)6-8/h3-7,17H,2H2,1H3,(H,15,18). The minimum Gasteiger partial charge on any atom is -0.508 e. The molecule has 0 saturated carbocycles. The molecule has 0 bridgehead atoms. The second kappa shape index (κ2) is 5.22. The van der Waals surface area contributed by atoms with Crippen LogP contribution in [0.15, 0.2) is 34.9 Å². The zero-order chi connectivity index (χ0) is 13.1. The Bertz CT molecular complexity index is 580. The molecular weight excluding hydrogens is 298 g/mol. The van der Waals surface area contributed by atoms with Crippen LogP contribution in [0.1, 0.15) is 17.4 Å². The number of halogens is 1. The molecule has 0 radical (unpaired) electrons. The van der Waals surface area contributed by atoms with Gasteiger partial charge in [-0.1, -0.05) is 6.07 Å². The van der Waals surface area contributed by atoms with Crippen molar-refractivity contribution < 1.29 is 9.90 Å². The summed E-state index contributed by atoms with van der Waals surface area (Å²) in [6.45, 7) is 2.51. The van der Waals surface area contributed by atoms with Crippen molar-refractivity contribution in [2.45, 2.75) is 13.5 Å². The van der Waals surface area contributed by atoms with Gasteiger partial charge in [0.15, 0.2) is 0 Å². The van der Waals surface area contributed by atoms with Crippen LogP contribution in [0.3, 0.4) is 0 Å². The van der Waals surface area contributed by atoms with Gasteiger partial charge in [-0.25, -0.2) is 0 Å². The molecule has 2 aromatic rings. The van der Waals surface area contributed by atoms with E-state index in [2.05, 4.69) is 26.3 Å². The molecule has 0 aliphatic carbocycles. The van der Waals surface area contributed by atoms with E-state index in [4.69, 9.17) is 0 Å². The lowest BCUT2D eigenvalue weighted by Gasteiger charge is -2.07. The fourth-order valence-corrected chi connectivity index (χ4v) is 2.08. The number of hydrogen-bond donors (Lipinski definition) is 2. The second-order valence-electron chi connectivity index (χ2n) is 3.66. The van der Waals surface area contributed by atoms with Gasteiger partial charge in [-0.15, -0.1) is 0 Å². The first-order valence-corrected chi connectivity index (χ1v) is 6.22. The maximum Gasteiger partial charge on any atom is 0.275 e. The molecule has 5 nitrogen and oxygen atoms in total. The van der Waals surface area contributed by atoms with Crippen LogP contribution in [0, 0.1) is 0 Å². The number of benzene rings is 1. The molecule has 6 heteroatoms. The highest BCUT2D eigenvalue weighted by atomic mass is 79.9. The summed E-state index contributed by atoms with van der Waals surface area (Å²) in [6, 6.07) is 6.40. The number of carbonyl (C=O) groups is 1. The van der Waals surface area contributed by atoms with Crippen LogP contribution in [0.2, 0.25) is 0 Å². The third-order valence-electron chi connectivity index (χ3n) is 2.41. The molecule has 1 aromatic heterocycles. The fourth-order valence-electron chi connectivity index (χ4n) is 1.60. The molecule has 0 unspecified atom stereocenters. The molecule has 18 heavy (non-hydrogen) atoms. The number of aromatic hydroxyl groups is 1. The smallest absolute Gasteiger partial charge is 0.275 e. The van der Waals surface area contributed by atoms with Gasteiger partial charge in [0.05, 0.1) is 10.7 Å². The van der Waals surface area contributed by atoms with Crippen molar-refractivity contribution >= 4 is 27.5 Å². The van der Waals surface area contributed by atoms with Crippen LogP contribution in [0.25, 0.3) is 0 Å². The summed E-state index contributed by atoms with van der Waals surface area (Å²) in [7, 11) is 0. The van der Waals surface area contributed by atoms with Crippen LogP contribution >= 0.6 is 15.9 Å². The Kier molecular flexibility index (Phi) is 3.66. The van der Waals surface area contributed by atoms with Gasteiger partial charge in [0.25, 0.3) is 5.91 Å². The first kappa shape index (κ1) is 12.6. The summed E-state index contributed by atoms with van der Waals surface area (Å²) in [5, 5.41) is 16.1. The van der Waals surface area contributed by atoms with Crippen molar-refractivity contribution in [1.29, 1.82) is 0 Å². The van der Waals surface area contributed by atoms with Gasteiger partial charge in [-0.05, 0) is 35.0 Å². The van der Waals surface area contributed by atoms with Gasteiger partial charge in [0.1, 0.15) is 11.4 Å². The van der Waals surface area contributed by atoms with E-state index in [0.717, 1.165) is 0 Å². The van der Waals surface area contributed by atoms with Crippen LogP contribution in [0.4, 0.5) is 5.69 Å². The maximum absolute atomic E-state index is 12.1. The Morgan fingerprint density at radius 1 is 1.56 bits per heavy atom. The summed E-state index contributed by atoms with van der Waals surface area (Å²) in [5.74, 6) is -0.164. The second-order valence-corrected chi connectivity index (χ2v) is 4.52. The van der Waals surface area contributed by atoms with E-state index in [0.29, 0.717) is 22.4 Å². The number of nitrogens with zero attached hydrogens (tertiary/aromatic N) is 2. The van der Waals surface area contributed by atoms with E-state index < -0.39 is 0 Å². The van der Waals surface area contributed by atoms with E-state index >= 15 is 0 Å². The van der Waals surface area contributed by atoms with Gasteiger partial charge >= 0.3 is 0 Å². The van der Waals surface area contributed by atoms with Crippen molar-refractivity contribution in [1.82, 2.24) is 9.78 Å². The van der Waals surface area contributed by atoms with E-state index in [1.54, 1.807) is 29.1 Å². The molecule has 1 amide bonds. The third-order valence-corrected chi connectivity index (χ3v) is 2.99. The number of aromatic nitrogens is 2. The monoisotopic (exact) mass is 309 g/mol. The zero-order valence-corrected chi connectivity index (χ0v) is 11.3. The van der Waals surface area contributed by atoms with E-state index in [9.17, 15) is 9.90 Å². The summed E-state index contributed by atoms with van der Waals surface area (Å²) in [5.41, 5.74) is 0.997. The Morgan fingerprint density at radius 2 is 2.33 bits per heavy atom. The number of hydrogen-bond acceptors (Lipinski definition) is 3. The number of aryl methyl sites for hydroxylation is 1. The Balaban J connectivity index is 2.24. The van der Waals surface area contributed by atoms with Crippen LogP contribution in [-0.4, -0.2) is 20.8 Å². The molecule has 0 spiro atoms. The molecule has 0 saturated heterocycles. The predicted molar refractivity (Wildman–Crippen MR) is 71.7 cm³/mol. The summed E-state index contributed by atoms with van der Waals surface area (Å²) < 4.78 is 2.24. The van der Waals surface area contributed by atoms with Crippen LogP contribution in [-0.2, 0) is 6.54 Å². The molecule has 94 valence electrons. The number of phenolic OH excluding ortho intramolecular Hbond substituents is 1. The molecule has 0 aliphatic rings. The van der Waals surface area contributed by atoms with Gasteiger partial charge in [0.2, 0.25) is 0 Å². The zero-order valence-electron chi connectivity index (χ0n) is 9.72. The van der Waals surface area contributed by atoms with Crippen molar-refractivity contribution in [2.75, 3.05) is 5.32 Å². The van der Waals surface area contributed by atoms with Gasteiger partial charge < -0.3 is 10.4 Å². The van der Waals surface area contributed by atoms with E-state index in [1.165, 1.54) is 6.07 Å². The maximum atomic E-state index is 12.1. The fraction of sp³-hybridized carbons (Fsp3) is 0.167. The van der Waals surface area contributed by atoms with E-state index in [-0.39, 0.29) is 11.7 Å². The van der Waals surface area contributed by atoms with Crippen molar-refractivity contribution in [2.24, 2.45) is 0 Å². The number of anilines is 1. The van der Waals surface area contributed by atoms with E-state index in [1.807, 2.05) is 6.92 Å². The van der Waals surface area contributed by atoms with Crippen molar-refractivity contribution in [3.05, 3.63) is 40.6 Å². The lowest BCUT2D eigenvalue weighted by Crippen LogP contribution is -2.17. The number of phenols is 1. The topological polar surface area (TPSA) is 67.2 Å². The molecular formula is C12H12BrN3O2.